The fraction of sp³-hybridized carbons (Fsp3) is 0.455. The summed E-state index contributed by atoms with van der Waals surface area (Å²) in [6.45, 7) is 4.04. The molecule has 0 atom stereocenters. The molecule has 1 aromatic heterocycles. The minimum atomic E-state index is -0.858. The van der Waals surface area contributed by atoms with Crippen LogP contribution < -0.4 is 15.5 Å². The monoisotopic (exact) mass is 426 g/mol. The van der Waals surface area contributed by atoms with Gasteiger partial charge in [0.2, 0.25) is 5.91 Å². The molecule has 2 fully saturated rings. The Morgan fingerprint density at radius 1 is 1.19 bits per heavy atom. The predicted molar refractivity (Wildman–Crippen MR) is 110 cm³/mol. The molecular formula is C22H26N4O5. The molecule has 2 aromatic rings. The molecule has 31 heavy (non-hydrogen) atoms. The van der Waals surface area contributed by atoms with Gasteiger partial charge in [0.25, 0.3) is 5.91 Å². The first-order chi connectivity index (χ1) is 14.9. The van der Waals surface area contributed by atoms with E-state index in [9.17, 15) is 14.4 Å². The Labute approximate surface area is 180 Å². The van der Waals surface area contributed by atoms with Crippen LogP contribution in [0.5, 0.6) is 5.75 Å². The number of urea groups is 1. The molecular weight excluding hydrogens is 400 g/mol. The van der Waals surface area contributed by atoms with Crippen LogP contribution in [-0.4, -0.2) is 33.5 Å². The number of aryl methyl sites for hydroxylation is 2. The molecule has 9 heteroatoms. The molecule has 4 amide bonds. The highest BCUT2D eigenvalue weighted by atomic mass is 16.5. The number of imide groups is 1. The molecule has 2 N–H and O–H groups in total. The zero-order valence-corrected chi connectivity index (χ0v) is 17.7. The van der Waals surface area contributed by atoms with E-state index in [2.05, 4.69) is 15.9 Å². The van der Waals surface area contributed by atoms with Gasteiger partial charge >= 0.3 is 6.03 Å². The summed E-state index contributed by atoms with van der Waals surface area (Å²) in [6, 6.07) is 6.52. The van der Waals surface area contributed by atoms with Gasteiger partial charge in [-0.15, -0.1) is 0 Å². The summed E-state index contributed by atoms with van der Waals surface area (Å²) in [5, 5.41) is 7.50. The van der Waals surface area contributed by atoms with Gasteiger partial charge in [-0.25, -0.2) is 4.79 Å². The van der Waals surface area contributed by atoms with Crippen LogP contribution in [0.2, 0.25) is 0 Å². The molecule has 1 spiro atoms. The second-order valence-electron chi connectivity index (χ2n) is 8.16. The average Bonchev–Trinajstić information content (AvgIpc) is 3.19. The molecule has 0 bridgehead atoms. The summed E-state index contributed by atoms with van der Waals surface area (Å²) in [5.41, 5.74) is 4.04. The van der Waals surface area contributed by atoms with E-state index in [1.165, 1.54) is 0 Å². The third-order valence-corrected chi connectivity index (χ3v) is 5.96. The van der Waals surface area contributed by atoms with E-state index in [1.54, 1.807) is 24.3 Å². The van der Waals surface area contributed by atoms with E-state index in [-0.39, 0.29) is 12.3 Å². The zero-order valence-electron chi connectivity index (χ0n) is 17.7. The zero-order chi connectivity index (χ0) is 22.0. The Morgan fingerprint density at radius 2 is 1.90 bits per heavy atom. The van der Waals surface area contributed by atoms with Gasteiger partial charge in [-0.2, -0.15) is 5.01 Å². The largest absolute Gasteiger partial charge is 0.489 e. The van der Waals surface area contributed by atoms with Crippen LogP contribution in [0, 0.1) is 13.8 Å². The lowest BCUT2D eigenvalue weighted by Crippen LogP contribution is -2.51. The first-order valence-electron chi connectivity index (χ1n) is 10.5. The number of hydrazine groups is 1. The van der Waals surface area contributed by atoms with E-state index in [4.69, 9.17) is 9.26 Å². The maximum Gasteiger partial charge on any atom is 0.344 e. The number of amides is 4. The predicted octanol–water partition coefficient (Wildman–Crippen LogP) is 2.70. The van der Waals surface area contributed by atoms with Crippen molar-refractivity contribution in [1.29, 1.82) is 0 Å². The molecule has 1 aliphatic heterocycles. The van der Waals surface area contributed by atoms with Crippen LogP contribution in [-0.2, 0) is 22.6 Å². The first-order valence-corrected chi connectivity index (χ1v) is 10.5. The van der Waals surface area contributed by atoms with E-state index >= 15 is 0 Å². The number of aromatic nitrogens is 1. The van der Waals surface area contributed by atoms with Gasteiger partial charge in [0.05, 0.1) is 17.7 Å². The van der Waals surface area contributed by atoms with Crippen molar-refractivity contribution in [3.63, 3.8) is 0 Å². The van der Waals surface area contributed by atoms with Crippen molar-refractivity contribution in [2.24, 2.45) is 0 Å². The summed E-state index contributed by atoms with van der Waals surface area (Å²) in [5.74, 6) is 0.577. The van der Waals surface area contributed by atoms with Crippen molar-refractivity contribution in [3.05, 3.63) is 46.8 Å². The molecule has 1 aliphatic carbocycles. The van der Waals surface area contributed by atoms with E-state index in [0.717, 1.165) is 46.9 Å². The van der Waals surface area contributed by atoms with Crippen molar-refractivity contribution in [3.8, 4) is 5.75 Å². The summed E-state index contributed by atoms with van der Waals surface area (Å²) in [6.07, 6.45) is 4.08. The molecule has 0 unspecified atom stereocenters. The molecule has 4 rings (SSSR count). The smallest absolute Gasteiger partial charge is 0.344 e. The molecule has 0 radical (unpaired) electrons. The highest BCUT2D eigenvalue weighted by Gasteiger charge is 2.52. The van der Waals surface area contributed by atoms with Crippen LogP contribution in [0.25, 0.3) is 0 Å². The maximum atomic E-state index is 12.7. The number of rotatable bonds is 6. The SMILES string of the molecule is Cc1noc(C)c1COc1ccc(CC(=O)NN2C(=O)NC3(CCCCC3)C2=O)cc1. The number of nitrogens with one attached hydrogen (secondary N) is 2. The molecule has 1 saturated heterocycles. The number of nitrogens with zero attached hydrogens (tertiary/aromatic N) is 2. The minimum Gasteiger partial charge on any atom is -0.489 e. The van der Waals surface area contributed by atoms with Crippen molar-refractivity contribution >= 4 is 17.8 Å². The lowest BCUT2D eigenvalue weighted by molar-refractivity contribution is -0.139. The topological polar surface area (TPSA) is 114 Å². The van der Waals surface area contributed by atoms with Crippen LogP contribution in [0.4, 0.5) is 4.79 Å². The Kier molecular flexibility index (Phi) is 5.67. The lowest BCUT2D eigenvalue weighted by atomic mass is 9.82. The molecule has 2 heterocycles. The fourth-order valence-corrected chi connectivity index (χ4v) is 4.13. The van der Waals surface area contributed by atoms with E-state index in [1.807, 2.05) is 13.8 Å². The number of ether oxygens (including phenoxy) is 1. The van der Waals surface area contributed by atoms with Gasteiger partial charge in [-0.05, 0) is 44.4 Å². The van der Waals surface area contributed by atoms with E-state index < -0.39 is 17.5 Å². The summed E-state index contributed by atoms with van der Waals surface area (Å²) in [7, 11) is 0. The second kappa shape index (κ2) is 8.41. The van der Waals surface area contributed by atoms with Gasteiger partial charge in [0.1, 0.15) is 23.7 Å². The average molecular weight is 426 g/mol. The number of carbonyl (C=O) groups excluding carboxylic acids is 3. The Balaban J connectivity index is 1.31. The van der Waals surface area contributed by atoms with Crippen molar-refractivity contribution in [1.82, 2.24) is 20.9 Å². The minimum absolute atomic E-state index is 0.0359. The van der Waals surface area contributed by atoms with E-state index in [0.29, 0.717) is 25.2 Å². The number of carbonyl (C=O) groups is 3. The van der Waals surface area contributed by atoms with Gasteiger partial charge in [0, 0.05) is 0 Å². The maximum absolute atomic E-state index is 12.7. The Morgan fingerprint density at radius 3 is 2.55 bits per heavy atom. The van der Waals surface area contributed by atoms with Crippen molar-refractivity contribution in [2.45, 2.75) is 64.5 Å². The highest BCUT2D eigenvalue weighted by Crippen LogP contribution is 2.33. The van der Waals surface area contributed by atoms with Gasteiger partial charge < -0.3 is 14.6 Å². The van der Waals surface area contributed by atoms with Crippen LogP contribution in [0.15, 0.2) is 28.8 Å². The van der Waals surface area contributed by atoms with Crippen LogP contribution in [0.3, 0.4) is 0 Å². The first kappa shape index (κ1) is 20.9. The highest BCUT2D eigenvalue weighted by molar-refractivity contribution is 6.08. The van der Waals surface area contributed by atoms with Crippen molar-refractivity contribution < 1.29 is 23.6 Å². The third kappa shape index (κ3) is 4.26. The Hall–Kier alpha value is -3.36. The molecule has 2 aliphatic rings. The standard InChI is InChI=1S/C22H26N4O5/c1-14-18(15(2)31-25-14)13-30-17-8-6-16(7-9-17)12-19(27)24-26-20(28)22(23-21(26)29)10-4-3-5-11-22/h6-9H,3-5,10-13H2,1-2H3,(H,23,29)(H,24,27). The van der Waals surface area contributed by atoms with Gasteiger partial charge in [-0.3, -0.25) is 15.0 Å². The van der Waals surface area contributed by atoms with Crippen LogP contribution in [0.1, 0.15) is 54.7 Å². The quantitative estimate of drug-likeness (QED) is 0.687. The Bertz CT molecular complexity index is 972. The second-order valence-corrected chi connectivity index (χ2v) is 8.16. The fourth-order valence-electron chi connectivity index (χ4n) is 4.13. The normalized spacial score (nSPS) is 17.7. The molecule has 164 valence electrons. The summed E-state index contributed by atoms with van der Waals surface area (Å²) >= 11 is 0. The summed E-state index contributed by atoms with van der Waals surface area (Å²) < 4.78 is 10.9. The molecule has 1 aromatic carbocycles. The molecule has 1 saturated carbocycles. The summed E-state index contributed by atoms with van der Waals surface area (Å²) in [4.78, 5) is 37.4. The lowest BCUT2D eigenvalue weighted by Gasteiger charge is -2.30. The third-order valence-electron chi connectivity index (χ3n) is 5.96. The number of hydrogen-bond donors (Lipinski definition) is 2. The van der Waals surface area contributed by atoms with Gasteiger partial charge in [-0.1, -0.05) is 36.6 Å². The van der Waals surface area contributed by atoms with Crippen molar-refractivity contribution in [2.75, 3.05) is 0 Å². The van der Waals surface area contributed by atoms with Crippen LogP contribution >= 0.6 is 0 Å². The molecule has 9 nitrogen and oxygen atoms in total. The number of hydrogen-bond acceptors (Lipinski definition) is 6. The number of benzene rings is 1. The van der Waals surface area contributed by atoms with Gasteiger partial charge in [0.15, 0.2) is 0 Å².